The topological polar surface area (TPSA) is 32.5 Å². The Labute approximate surface area is 113 Å². The lowest BCUT2D eigenvalue weighted by Gasteiger charge is -2.43. The number of hydrogen-bond donors (Lipinski definition) is 1. The standard InChI is InChI=1S/C15H31N3/c1-13-10-15(11-16,12-17(13)2)18(3)14-8-6-4-5-7-9-14/h13-14H,4-12,16H2,1-3H3. The molecule has 0 amide bonds. The van der Waals surface area contributed by atoms with Gasteiger partial charge in [-0.15, -0.1) is 0 Å². The Kier molecular flexibility index (Phi) is 4.68. The first-order chi connectivity index (χ1) is 8.59. The van der Waals surface area contributed by atoms with Gasteiger partial charge in [0.25, 0.3) is 0 Å². The fourth-order valence-electron chi connectivity index (χ4n) is 3.97. The first kappa shape index (κ1) is 14.3. The Morgan fingerprint density at radius 3 is 2.28 bits per heavy atom. The molecule has 2 atom stereocenters. The van der Waals surface area contributed by atoms with Crippen molar-refractivity contribution < 1.29 is 0 Å². The highest BCUT2D eigenvalue weighted by Crippen LogP contribution is 2.34. The molecule has 3 nitrogen and oxygen atoms in total. The van der Waals surface area contributed by atoms with Crippen LogP contribution < -0.4 is 5.73 Å². The monoisotopic (exact) mass is 253 g/mol. The fraction of sp³-hybridized carbons (Fsp3) is 1.00. The zero-order valence-electron chi connectivity index (χ0n) is 12.5. The van der Waals surface area contributed by atoms with E-state index in [1.165, 1.54) is 44.9 Å². The van der Waals surface area contributed by atoms with Gasteiger partial charge >= 0.3 is 0 Å². The van der Waals surface area contributed by atoms with Gasteiger partial charge in [-0.2, -0.15) is 0 Å². The molecule has 1 aliphatic heterocycles. The van der Waals surface area contributed by atoms with E-state index in [1.807, 2.05) is 0 Å². The van der Waals surface area contributed by atoms with E-state index >= 15 is 0 Å². The van der Waals surface area contributed by atoms with Crippen LogP contribution in [-0.2, 0) is 0 Å². The summed E-state index contributed by atoms with van der Waals surface area (Å²) in [5, 5.41) is 0. The molecule has 0 aromatic carbocycles. The Hall–Kier alpha value is -0.120. The van der Waals surface area contributed by atoms with Crippen LogP contribution in [-0.4, -0.2) is 54.6 Å². The average Bonchev–Trinajstić information content (AvgIpc) is 2.59. The Morgan fingerprint density at radius 2 is 1.83 bits per heavy atom. The molecule has 1 heterocycles. The van der Waals surface area contributed by atoms with Crippen molar-refractivity contribution in [1.82, 2.24) is 9.80 Å². The van der Waals surface area contributed by atoms with Crippen molar-refractivity contribution in [3.8, 4) is 0 Å². The van der Waals surface area contributed by atoms with E-state index in [-0.39, 0.29) is 5.54 Å². The van der Waals surface area contributed by atoms with E-state index in [2.05, 4.69) is 30.8 Å². The van der Waals surface area contributed by atoms with Crippen molar-refractivity contribution >= 4 is 0 Å². The molecule has 0 aromatic heterocycles. The second-order valence-electron chi connectivity index (χ2n) is 6.65. The summed E-state index contributed by atoms with van der Waals surface area (Å²) in [4.78, 5) is 5.12. The van der Waals surface area contributed by atoms with Crippen molar-refractivity contribution in [2.45, 2.75) is 69.5 Å². The van der Waals surface area contributed by atoms with E-state index < -0.39 is 0 Å². The van der Waals surface area contributed by atoms with Gasteiger partial charge in [-0.1, -0.05) is 25.7 Å². The molecule has 2 N–H and O–H groups in total. The molecule has 2 unspecified atom stereocenters. The molecule has 0 aromatic rings. The first-order valence-electron chi connectivity index (χ1n) is 7.72. The molecule has 1 saturated carbocycles. The molecule has 2 fully saturated rings. The van der Waals surface area contributed by atoms with Crippen molar-refractivity contribution in [2.24, 2.45) is 5.73 Å². The first-order valence-corrected chi connectivity index (χ1v) is 7.72. The van der Waals surface area contributed by atoms with Gasteiger partial charge in [0.05, 0.1) is 0 Å². The predicted octanol–water partition coefficient (Wildman–Crippen LogP) is 2.06. The number of hydrogen-bond acceptors (Lipinski definition) is 3. The summed E-state index contributed by atoms with van der Waals surface area (Å²) in [6.45, 7) is 4.27. The Morgan fingerprint density at radius 1 is 1.22 bits per heavy atom. The van der Waals surface area contributed by atoms with Crippen molar-refractivity contribution in [2.75, 3.05) is 27.2 Å². The molecule has 0 spiro atoms. The van der Waals surface area contributed by atoms with Crippen LogP contribution in [0.1, 0.15) is 51.9 Å². The van der Waals surface area contributed by atoms with Crippen LogP contribution in [0, 0.1) is 0 Å². The predicted molar refractivity (Wildman–Crippen MR) is 77.7 cm³/mol. The molecule has 106 valence electrons. The zero-order chi connectivity index (χ0) is 13.2. The van der Waals surface area contributed by atoms with Gasteiger partial charge in [0.1, 0.15) is 0 Å². The normalized spacial score (nSPS) is 36.2. The molecule has 2 aliphatic rings. The Balaban J connectivity index is 2.07. The highest BCUT2D eigenvalue weighted by Gasteiger charge is 2.44. The van der Waals surface area contributed by atoms with Crippen LogP contribution in [0.25, 0.3) is 0 Å². The molecule has 2 rings (SSSR count). The zero-order valence-corrected chi connectivity index (χ0v) is 12.5. The van der Waals surface area contributed by atoms with Crippen molar-refractivity contribution in [1.29, 1.82) is 0 Å². The minimum atomic E-state index is 0.225. The van der Waals surface area contributed by atoms with Gasteiger partial charge in [0, 0.05) is 30.7 Å². The fourth-order valence-corrected chi connectivity index (χ4v) is 3.97. The van der Waals surface area contributed by atoms with E-state index in [1.54, 1.807) is 0 Å². The maximum atomic E-state index is 6.17. The van der Waals surface area contributed by atoms with Gasteiger partial charge in [-0.3, -0.25) is 4.90 Å². The molecule has 1 saturated heterocycles. The maximum Gasteiger partial charge on any atom is 0.0473 e. The third kappa shape index (κ3) is 2.73. The lowest BCUT2D eigenvalue weighted by Crippen LogP contribution is -2.57. The van der Waals surface area contributed by atoms with Crippen LogP contribution in [0.4, 0.5) is 0 Å². The van der Waals surface area contributed by atoms with Gasteiger partial charge in [-0.05, 0) is 40.3 Å². The van der Waals surface area contributed by atoms with E-state index in [9.17, 15) is 0 Å². The van der Waals surface area contributed by atoms with Gasteiger partial charge in [0.15, 0.2) is 0 Å². The molecule has 1 aliphatic carbocycles. The molecule has 18 heavy (non-hydrogen) atoms. The van der Waals surface area contributed by atoms with Crippen molar-refractivity contribution in [3.05, 3.63) is 0 Å². The van der Waals surface area contributed by atoms with E-state index in [0.29, 0.717) is 6.04 Å². The largest absolute Gasteiger partial charge is 0.329 e. The summed E-state index contributed by atoms with van der Waals surface area (Å²) in [5.41, 5.74) is 6.40. The smallest absolute Gasteiger partial charge is 0.0473 e. The van der Waals surface area contributed by atoms with Crippen LogP contribution in [0.3, 0.4) is 0 Å². The minimum Gasteiger partial charge on any atom is -0.329 e. The summed E-state index contributed by atoms with van der Waals surface area (Å²) in [7, 11) is 4.57. The van der Waals surface area contributed by atoms with Crippen LogP contribution >= 0.6 is 0 Å². The number of likely N-dealkylation sites (tertiary alicyclic amines) is 1. The van der Waals surface area contributed by atoms with Crippen molar-refractivity contribution in [3.63, 3.8) is 0 Å². The lowest BCUT2D eigenvalue weighted by atomic mass is 9.91. The maximum absolute atomic E-state index is 6.17. The summed E-state index contributed by atoms with van der Waals surface area (Å²) in [5.74, 6) is 0. The third-order valence-corrected chi connectivity index (χ3v) is 5.47. The Bertz CT molecular complexity index is 248. The van der Waals surface area contributed by atoms with Crippen LogP contribution in [0.2, 0.25) is 0 Å². The number of likely N-dealkylation sites (N-methyl/N-ethyl adjacent to an activating group) is 2. The average molecular weight is 253 g/mol. The van der Waals surface area contributed by atoms with E-state index in [4.69, 9.17) is 5.73 Å². The molecule has 0 bridgehead atoms. The molecule has 0 radical (unpaired) electrons. The number of nitrogens with two attached hydrogens (primary N) is 1. The number of nitrogens with zero attached hydrogens (tertiary/aromatic N) is 2. The lowest BCUT2D eigenvalue weighted by molar-refractivity contribution is 0.0758. The quantitative estimate of drug-likeness (QED) is 0.782. The highest BCUT2D eigenvalue weighted by atomic mass is 15.3. The number of rotatable bonds is 3. The second kappa shape index (κ2) is 5.89. The molecular weight excluding hydrogens is 222 g/mol. The second-order valence-corrected chi connectivity index (χ2v) is 6.65. The molecule has 3 heteroatoms. The third-order valence-electron chi connectivity index (χ3n) is 5.47. The van der Waals surface area contributed by atoms with Crippen LogP contribution in [0.15, 0.2) is 0 Å². The molecular formula is C15H31N3. The van der Waals surface area contributed by atoms with Gasteiger partial charge in [0.2, 0.25) is 0 Å². The minimum absolute atomic E-state index is 0.225. The summed E-state index contributed by atoms with van der Waals surface area (Å²) in [6, 6.07) is 1.43. The SMILES string of the molecule is CC1CC(CN)(N(C)C2CCCCCC2)CN1C. The van der Waals surface area contributed by atoms with Gasteiger partial charge in [-0.25, -0.2) is 0 Å². The van der Waals surface area contributed by atoms with Crippen LogP contribution in [0.5, 0.6) is 0 Å². The van der Waals surface area contributed by atoms with E-state index in [0.717, 1.165) is 19.1 Å². The summed E-state index contributed by atoms with van der Waals surface area (Å²) >= 11 is 0. The summed E-state index contributed by atoms with van der Waals surface area (Å²) < 4.78 is 0. The summed E-state index contributed by atoms with van der Waals surface area (Å²) in [6.07, 6.45) is 9.63. The van der Waals surface area contributed by atoms with Gasteiger partial charge < -0.3 is 10.6 Å². The highest BCUT2D eigenvalue weighted by molar-refractivity contribution is 5.03.